The maximum Gasteiger partial charge on any atom is 0.160 e. The summed E-state index contributed by atoms with van der Waals surface area (Å²) in [4.78, 5) is 0. The van der Waals surface area contributed by atoms with Gasteiger partial charge >= 0.3 is 0 Å². The van der Waals surface area contributed by atoms with E-state index in [0.717, 1.165) is 30.9 Å². The van der Waals surface area contributed by atoms with Gasteiger partial charge in [-0.1, -0.05) is 19.1 Å². The highest BCUT2D eigenvalue weighted by molar-refractivity contribution is 5.43. The Morgan fingerprint density at radius 3 is 2.56 bits per heavy atom. The van der Waals surface area contributed by atoms with Crippen LogP contribution in [-0.2, 0) is 6.42 Å². The van der Waals surface area contributed by atoms with E-state index in [1.165, 1.54) is 5.56 Å². The monoisotopic (exact) mass is 249 g/mol. The molecule has 1 aromatic carbocycles. The Bertz CT molecular complexity index is 377. The van der Waals surface area contributed by atoms with Crippen molar-refractivity contribution in [1.29, 1.82) is 0 Å². The summed E-state index contributed by atoms with van der Waals surface area (Å²) in [5.74, 6) is 1.53. The number of hydrogen-bond donors (Lipinski definition) is 1. The van der Waals surface area contributed by atoms with Gasteiger partial charge in [-0.05, 0) is 37.1 Å². The molecular weight excluding hydrogens is 226 g/mol. The van der Waals surface area contributed by atoms with Gasteiger partial charge in [0.25, 0.3) is 0 Å². The second-order valence-electron chi connectivity index (χ2n) is 4.19. The van der Waals surface area contributed by atoms with Gasteiger partial charge in [0.15, 0.2) is 11.5 Å². The van der Waals surface area contributed by atoms with Crippen LogP contribution >= 0.6 is 0 Å². The predicted molar refractivity (Wildman–Crippen MR) is 75.5 cm³/mol. The van der Waals surface area contributed by atoms with Gasteiger partial charge in [-0.15, -0.1) is 6.58 Å². The summed E-state index contributed by atoms with van der Waals surface area (Å²) < 4.78 is 10.5. The number of ether oxygens (including phenoxy) is 2. The molecule has 0 heterocycles. The van der Waals surface area contributed by atoms with Crippen LogP contribution in [0.2, 0.25) is 0 Å². The Labute approximate surface area is 110 Å². The van der Waals surface area contributed by atoms with Crippen LogP contribution in [0, 0.1) is 0 Å². The number of hydrogen-bond acceptors (Lipinski definition) is 3. The van der Waals surface area contributed by atoms with Crippen LogP contribution in [0.5, 0.6) is 11.5 Å². The molecule has 0 bridgehead atoms. The van der Waals surface area contributed by atoms with Gasteiger partial charge < -0.3 is 14.8 Å². The predicted octanol–water partition coefficient (Wildman–Crippen LogP) is 2.80. The summed E-state index contributed by atoms with van der Waals surface area (Å²) >= 11 is 0. The molecule has 100 valence electrons. The zero-order chi connectivity index (χ0) is 13.4. The Balaban J connectivity index is 2.74. The van der Waals surface area contributed by atoms with Crippen LogP contribution in [0.4, 0.5) is 0 Å². The normalized spacial score (nSPS) is 11.9. The summed E-state index contributed by atoms with van der Waals surface area (Å²) in [7, 11) is 3.30. The molecule has 0 amide bonds. The lowest BCUT2D eigenvalue weighted by atomic mass is 10.1. The third-order valence-electron chi connectivity index (χ3n) is 2.84. The third kappa shape index (κ3) is 4.08. The molecule has 1 aromatic rings. The Kier molecular flexibility index (Phi) is 6.29. The number of nitrogens with one attached hydrogen (secondary N) is 1. The molecule has 0 fully saturated rings. The van der Waals surface area contributed by atoms with E-state index in [-0.39, 0.29) is 0 Å². The molecule has 0 saturated heterocycles. The summed E-state index contributed by atoms with van der Waals surface area (Å²) in [6.07, 6.45) is 3.98. The lowest BCUT2D eigenvalue weighted by molar-refractivity contribution is 0.354. The van der Waals surface area contributed by atoms with E-state index in [1.54, 1.807) is 14.2 Å². The summed E-state index contributed by atoms with van der Waals surface area (Å²) in [5, 5.41) is 3.44. The van der Waals surface area contributed by atoms with E-state index in [1.807, 2.05) is 18.2 Å². The molecule has 0 radical (unpaired) electrons. The fourth-order valence-corrected chi connectivity index (χ4v) is 1.83. The van der Waals surface area contributed by atoms with Crippen LogP contribution in [0.15, 0.2) is 30.9 Å². The highest BCUT2D eigenvalue weighted by Gasteiger charge is 2.08. The topological polar surface area (TPSA) is 30.5 Å². The molecule has 1 atom stereocenters. The fraction of sp³-hybridized carbons (Fsp3) is 0.467. The fourth-order valence-electron chi connectivity index (χ4n) is 1.83. The van der Waals surface area contributed by atoms with Gasteiger partial charge in [0.1, 0.15) is 0 Å². The van der Waals surface area contributed by atoms with Crippen molar-refractivity contribution in [1.82, 2.24) is 5.32 Å². The van der Waals surface area contributed by atoms with E-state index in [9.17, 15) is 0 Å². The van der Waals surface area contributed by atoms with Gasteiger partial charge in [-0.2, -0.15) is 0 Å². The first-order valence-electron chi connectivity index (χ1n) is 6.32. The minimum atomic E-state index is 0.294. The van der Waals surface area contributed by atoms with Crippen molar-refractivity contribution < 1.29 is 9.47 Å². The maximum absolute atomic E-state index is 5.30. The van der Waals surface area contributed by atoms with E-state index >= 15 is 0 Å². The molecule has 3 nitrogen and oxygen atoms in total. The third-order valence-corrected chi connectivity index (χ3v) is 2.84. The van der Waals surface area contributed by atoms with Gasteiger partial charge in [0.05, 0.1) is 14.2 Å². The zero-order valence-electron chi connectivity index (χ0n) is 11.5. The lowest BCUT2D eigenvalue weighted by Crippen LogP contribution is -2.29. The highest BCUT2D eigenvalue weighted by atomic mass is 16.5. The quantitative estimate of drug-likeness (QED) is 0.719. The van der Waals surface area contributed by atoms with Crippen molar-refractivity contribution in [3.8, 4) is 11.5 Å². The van der Waals surface area contributed by atoms with E-state index in [0.29, 0.717) is 6.04 Å². The van der Waals surface area contributed by atoms with Gasteiger partial charge in [0, 0.05) is 6.04 Å². The molecule has 1 unspecified atom stereocenters. The number of rotatable bonds is 8. The molecule has 18 heavy (non-hydrogen) atoms. The molecule has 0 saturated carbocycles. The van der Waals surface area contributed by atoms with Crippen molar-refractivity contribution >= 4 is 0 Å². The Morgan fingerprint density at radius 1 is 1.28 bits per heavy atom. The van der Waals surface area contributed by atoms with E-state index in [2.05, 4.69) is 24.9 Å². The summed E-state index contributed by atoms with van der Waals surface area (Å²) in [6, 6.07) is 6.31. The van der Waals surface area contributed by atoms with Crippen LogP contribution in [-0.4, -0.2) is 26.8 Å². The van der Waals surface area contributed by atoms with E-state index < -0.39 is 0 Å². The molecule has 0 aliphatic heterocycles. The first kappa shape index (κ1) is 14.6. The van der Waals surface area contributed by atoms with Crippen LogP contribution in [0.25, 0.3) is 0 Å². The molecule has 0 spiro atoms. The molecule has 3 heteroatoms. The second-order valence-corrected chi connectivity index (χ2v) is 4.19. The molecule has 0 aliphatic rings. The Hall–Kier alpha value is -1.48. The minimum absolute atomic E-state index is 0.294. The van der Waals surface area contributed by atoms with Crippen molar-refractivity contribution in [3.05, 3.63) is 36.4 Å². The SMILES string of the molecule is C=CC(Cc1ccc(OC)c(OC)c1)NCCC. The van der Waals surface area contributed by atoms with Crippen molar-refractivity contribution in [2.75, 3.05) is 20.8 Å². The first-order valence-corrected chi connectivity index (χ1v) is 6.32. The second kappa shape index (κ2) is 7.77. The number of methoxy groups -OCH3 is 2. The average molecular weight is 249 g/mol. The molecule has 1 rings (SSSR count). The van der Waals surface area contributed by atoms with Crippen LogP contribution in [0.3, 0.4) is 0 Å². The molecule has 0 aliphatic carbocycles. The standard InChI is InChI=1S/C15H23NO2/c1-5-9-16-13(6-2)10-12-7-8-14(17-3)15(11-12)18-4/h6-8,11,13,16H,2,5,9-10H2,1,3-4H3. The molecule has 1 N–H and O–H groups in total. The smallest absolute Gasteiger partial charge is 0.160 e. The van der Waals surface area contributed by atoms with Gasteiger partial charge in [-0.25, -0.2) is 0 Å². The highest BCUT2D eigenvalue weighted by Crippen LogP contribution is 2.27. The van der Waals surface area contributed by atoms with E-state index in [4.69, 9.17) is 9.47 Å². The van der Waals surface area contributed by atoms with Crippen molar-refractivity contribution in [3.63, 3.8) is 0 Å². The van der Waals surface area contributed by atoms with Crippen molar-refractivity contribution in [2.24, 2.45) is 0 Å². The zero-order valence-corrected chi connectivity index (χ0v) is 11.5. The average Bonchev–Trinajstić information content (AvgIpc) is 2.43. The van der Waals surface area contributed by atoms with Crippen molar-refractivity contribution in [2.45, 2.75) is 25.8 Å². The summed E-state index contributed by atoms with van der Waals surface area (Å²) in [6.45, 7) is 7.03. The van der Waals surface area contributed by atoms with Crippen LogP contribution in [0.1, 0.15) is 18.9 Å². The van der Waals surface area contributed by atoms with Crippen LogP contribution < -0.4 is 14.8 Å². The van der Waals surface area contributed by atoms with Gasteiger partial charge in [-0.3, -0.25) is 0 Å². The lowest BCUT2D eigenvalue weighted by Gasteiger charge is -2.15. The maximum atomic E-state index is 5.30. The largest absolute Gasteiger partial charge is 0.493 e. The Morgan fingerprint density at radius 2 is 2.00 bits per heavy atom. The minimum Gasteiger partial charge on any atom is -0.493 e. The first-order chi connectivity index (χ1) is 8.74. The number of benzene rings is 1. The summed E-state index contributed by atoms with van der Waals surface area (Å²) in [5.41, 5.74) is 1.21. The molecular formula is C15H23NO2. The van der Waals surface area contributed by atoms with Gasteiger partial charge in [0.2, 0.25) is 0 Å². The molecule has 0 aromatic heterocycles.